The molecule has 0 saturated carbocycles. The van der Waals surface area contributed by atoms with E-state index in [2.05, 4.69) is 9.88 Å². The predicted octanol–water partition coefficient (Wildman–Crippen LogP) is -1.12. The van der Waals surface area contributed by atoms with E-state index < -0.39 is 17.6 Å². The number of amides is 1. The van der Waals surface area contributed by atoms with Crippen molar-refractivity contribution >= 4 is 17.6 Å². The van der Waals surface area contributed by atoms with Gasteiger partial charge in [0.1, 0.15) is 0 Å². The fourth-order valence-electron chi connectivity index (χ4n) is 0.124. The SMILES string of the molecule is COC(=O)N[S+](N)[O-]. The zero-order chi connectivity index (χ0) is 6.57. The van der Waals surface area contributed by atoms with E-state index in [-0.39, 0.29) is 0 Å². The molecule has 0 heterocycles. The Bertz CT molecular complexity index is 85.4. The second-order valence-electron chi connectivity index (χ2n) is 0.891. The molecule has 0 fully saturated rings. The molecule has 0 spiro atoms. The quantitative estimate of drug-likeness (QED) is 0.449. The number of carbonyl (C=O) groups is 1. The molecule has 8 heavy (non-hydrogen) atoms. The van der Waals surface area contributed by atoms with Gasteiger partial charge < -0.3 is 9.29 Å². The average Bonchev–Trinajstić information content (AvgIpc) is 1.65. The van der Waals surface area contributed by atoms with Crippen LogP contribution >= 0.6 is 0 Å². The van der Waals surface area contributed by atoms with E-state index in [9.17, 15) is 9.35 Å². The summed E-state index contributed by atoms with van der Waals surface area (Å²) in [6.07, 6.45) is -0.800. The monoisotopic (exact) mass is 138 g/mol. The molecule has 1 unspecified atom stereocenters. The largest absolute Gasteiger partial charge is 0.574 e. The molecule has 0 radical (unpaired) electrons. The highest BCUT2D eigenvalue weighted by molar-refractivity contribution is 7.87. The van der Waals surface area contributed by atoms with Gasteiger partial charge in [0.05, 0.1) is 7.11 Å². The first-order valence-corrected chi connectivity index (χ1v) is 2.89. The van der Waals surface area contributed by atoms with E-state index in [0.717, 1.165) is 7.11 Å². The minimum absolute atomic E-state index is 0.800. The van der Waals surface area contributed by atoms with Gasteiger partial charge in [-0.05, 0) is 0 Å². The van der Waals surface area contributed by atoms with Crippen LogP contribution in [0.2, 0.25) is 0 Å². The van der Waals surface area contributed by atoms with Crippen molar-refractivity contribution in [3.05, 3.63) is 0 Å². The highest BCUT2D eigenvalue weighted by Crippen LogP contribution is 1.72. The van der Waals surface area contributed by atoms with Crippen molar-refractivity contribution in [2.75, 3.05) is 7.11 Å². The fourth-order valence-corrected chi connectivity index (χ4v) is 0.371. The number of nitrogens with one attached hydrogen (secondary N) is 1. The Morgan fingerprint density at radius 1 is 2.00 bits per heavy atom. The van der Waals surface area contributed by atoms with E-state index in [0.29, 0.717) is 0 Å². The van der Waals surface area contributed by atoms with Gasteiger partial charge in [-0.15, -0.1) is 9.86 Å². The molecule has 48 valence electrons. The van der Waals surface area contributed by atoms with Gasteiger partial charge in [-0.1, -0.05) is 0 Å². The summed E-state index contributed by atoms with van der Waals surface area (Å²) in [4.78, 5) is 10.0. The Labute approximate surface area is 49.6 Å². The molecule has 5 nitrogen and oxygen atoms in total. The van der Waals surface area contributed by atoms with Gasteiger partial charge in [0.2, 0.25) is 0 Å². The highest BCUT2D eigenvalue weighted by atomic mass is 32.2. The average molecular weight is 138 g/mol. The van der Waals surface area contributed by atoms with Crippen molar-refractivity contribution in [1.29, 1.82) is 0 Å². The zero-order valence-electron chi connectivity index (χ0n) is 4.21. The van der Waals surface area contributed by atoms with Crippen LogP contribution in [0.3, 0.4) is 0 Å². The number of hydrogen-bond donors (Lipinski definition) is 2. The van der Waals surface area contributed by atoms with Crippen molar-refractivity contribution < 1.29 is 14.1 Å². The van der Waals surface area contributed by atoms with E-state index in [1.807, 2.05) is 0 Å². The van der Waals surface area contributed by atoms with Gasteiger partial charge in [0.25, 0.3) is 0 Å². The standard InChI is InChI=1S/C2H6N2O3S/c1-7-2(5)4-8(3)6/h3H2,1H3,(H,4,5). The van der Waals surface area contributed by atoms with Crippen molar-refractivity contribution in [3.8, 4) is 0 Å². The molecule has 1 atom stereocenters. The summed E-state index contributed by atoms with van der Waals surface area (Å²) in [5.41, 5.74) is 0. The summed E-state index contributed by atoms with van der Waals surface area (Å²) in [5, 5.41) is 4.63. The molecule has 0 aromatic carbocycles. The molecule has 0 rings (SSSR count). The van der Waals surface area contributed by atoms with Crippen LogP contribution in [0.4, 0.5) is 4.79 Å². The van der Waals surface area contributed by atoms with Crippen LogP contribution < -0.4 is 9.86 Å². The lowest BCUT2D eigenvalue weighted by molar-refractivity contribution is 0.177. The smallest absolute Gasteiger partial charge is 0.450 e. The van der Waals surface area contributed by atoms with Crippen LogP contribution in [0.15, 0.2) is 0 Å². The first-order valence-electron chi connectivity index (χ1n) is 1.67. The lowest BCUT2D eigenvalue weighted by Gasteiger charge is -2.00. The van der Waals surface area contributed by atoms with Gasteiger partial charge in [0, 0.05) is 0 Å². The van der Waals surface area contributed by atoms with E-state index in [1.54, 1.807) is 4.72 Å². The lowest BCUT2D eigenvalue weighted by Crippen LogP contribution is -2.35. The predicted molar refractivity (Wildman–Crippen MR) is 27.9 cm³/mol. The molecular formula is C2H6N2O3S. The van der Waals surface area contributed by atoms with Crippen molar-refractivity contribution in [3.63, 3.8) is 0 Å². The molecule has 0 aromatic heterocycles. The Kier molecular flexibility index (Phi) is 3.33. The summed E-state index contributed by atoms with van der Waals surface area (Å²) in [7, 11) is 1.15. The summed E-state index contributed by atoms with van der Waals surface area (Å²) in [5.74, 6) is 0. The maximum atomic E-state index is 10.0. The van der Waals surface area contributed by atoms with Gasteiger partial charge in [-0.25, -0.2) is 4.79 Å². The zero-order valence-corrected chi connectivity index (χ0v) is 5.03. The summed E-state index contributed by atoms with van der Waals surface area (Å²) in [6, 6.07) is 0. The second kappa shape index (κ2) is 3.53. The molecule has 6 heteroatoms. The van der Waals surface area contributed by atoms with Crippen LogP contribution in [-0.4, -0.2) is 17.8 Å². The van der Waals surface area contributed by atoms with Gasteiger partial charge in [0.15, 0.2) is 11.5 Å². The first-order chi connectivity index (χ1) is 3.66. The van der Waals surface area contributed by atoms with Crippen molar-refractivity contribution in [2.45, 2.75) is 0 Å². The number of hydrogen-bond acceptors (Lipinski definition) is 4. The molecule has 3 N–H and O–H groups in total. The Morgan fingerprint density at radius 3 is 2.62 bits per heavy atom. The number of methoxy groups -OCH3 is 1. The fraction of sp³-hybridized carbons (Fsp3) is 0.500. The second-order valence-corrected chi connectivity index (χ2v) is 1.69. The van der Waals surface area contributed by atoms with Crippen molar-refractivity contribution in [2.24, 2.45) is 5.14 Å². The maximum absolute atomic E-state index is 10.0. The van der Waals surface area contributed by atoms with Crippen molar-refractivity contribution in [1.82, 2.24) is 4.72 Å². The third-order valence-electron chi connectivity index (χ3n) is 0.369. The highest BCUT2D eigenvalue weighted by Gasteiger charge is 2.04. The van der Waals surface area contributed by atoms with Gasteiger partial charge in [-0.2, -0.15) is 0 Å². The third kappa shape index (κ3) is 3.72. The maximum Gasteiger partial charge on any atom is 0.450 e. The Balaban J connectivity index is 3.25. The summed E-state index contributed by atoms with van der Waals surface area (Å²) < 4.78 is 15.7. The van der Waals surface area contributed by atoms with Crippen LogP contribution in [0.25, 0.3) is 0 Å². The minimum Gasteiger partial charge on any atom is -0.574 e. The molecule has 0 aromatic rings. The third-order valence-corrected chi connectivity index (χ3v) is 0.737. The molecular weight excluding hydrogens is 132 g/mol. The molecule has 0 aliphatic rings. The molecule has 0 bridgehead atoms. The van der Waals surface area contributed by atoms with E-state index in [1.165, 1.54) is 0 Å². The van der Waals surface area contributed by atoms with Crippen LogP contribution in [0.5, 0.6) is 0 Å². The topological polar surface area (TPSA) is 87.4 Å². The number of nitrogens with two attached hydrogens (primary N) is 1. The lowest BCUT2D eigenvalue weighted by atomic mass is 11.2. The van der Waals surface area contributed by atoms with Crippen LogP contribution in [0.1, 0.15) is 0 Å². The van der Waals surface area contributed by atoms with Gasteiger partial charge >= 0.3 is 6.09 Å². The molecule has 0 saturated heterocycles. The van der Waals surface area contributed by atoms with Gasteiger partial charge in [-0.3, -0.25) is 0 Å². The Morgan fingerprint density at radius 2 is 2.50 bits per heavy atom. The molecule has 0 aliphatic carbocycles. The molecule has 1 amide bonds. The number of ether oxygens (including phenoxy) is 1. The van der Waals surface area contributed by atoms with Crippen LogP contribution in [0, 0.1) is 0 Å². The number of rotatable bonds is 1. The summed E-state index contributed by atoms with van der Waals surface area (Å²) in [6.45, 7) is 0. The summed E-state index contributed by atoms with van der Waals surface area (Å²) >= 11 is -1.82. The minimum atomic E-state index is -1.82. The van der Waals surface area contributed by atoms with E-state index in [4.69, 9.17) is 0 Å². The molecule has 0 aliphatic heterocycles. The first kappa shape index (κ1) is 7.54. The van der Waals surface area contributed by atoms with Crippen LogP contribution in [-0.2, 0) is 16.3 Å². The Hall–Kier alpha value is -0.460. The normalized spacial score (nSPS) is 12.4. The number of carbonyl (C=O) groups excluding carboxylic acids is 1. The van der Waals surface area contributed by atoms with E-state index >= 15 is 0 Å².